The van der Waals surface area contributed by atoms with E-state index in [2.05, 4.69) is 0 Å². The van der Waals surface area contributed by atoms with Gasteiger partial charge in [-0.3, -0.25) is 0 Å². The van der Waals surface area contributed by atoms with Gasteiger partial charge in [0.2, 0.25) is 0 Å². The fourth-order valence-corrected chi connectivity index (χ4v) is 0.930. The number of hydrogen-bond donors (Lipinski definition) is 0. The predicted octanol–water partition coefficient (Wildman–Crippen LogP) is 2.18. The number of rotatable bonds is 3. The van der Waals surface area contributed by atoms with E-state index in [-0.39, 0.29) is 5.97 Å². The lowest BCUT2D eigenvalue weighted by Crippen LogP contribution is -2.03. The smallest absolute Gasteiger partial charge is 0.335 e. The van der Waals surface area contributed by atoms with Gasteiger partial charge in [0, 0.05) is 6.08 Å². The van der Waals surface area contributed by atoms with E-state index in [0.717, 1.165) is 5.75 Å². The van der Waals surface area contributed by atoms with Crippen molar-refractivity contribution in [3.05, 3.63) is 36.4 Å². The average molecular weight is 192 g/mol. The minimum Gasteiger partial charge on any atom is -0.497 e. The van der Waals surface area contributed by atoms with Crippen molar-refractivity contribution in [1.29, 1.82) is 0 Å². The number of esters is 1. The molecule has 0 radical (unpaired) electrons. The number of carbonyl (C=O) groups is 1. The Kier molecular flexibility index (Phi) is 3.73. The predicted molar refractivity (Wildman–Crippen MR) is 53.4 cm³/mol. The summed E-state index contributed by atoms with van der Waals surface area (Å²) >= 11 is 0. The van der Waals surface area contributed by atoms with Crippen LogP contribution in [0.2, 0.25) is 0 Å². The normalized spacial score (nSPS) is 10.1. The van der Waals surface area contributed by atoms with Gasteiger partial charge in [0.1, 0.15) is 11.5 Å². The second-order valence-electron chi connectivity index (χ2n) is 2.60. The summed E-state index contributed by atoms with van der Waals surface area (Å²) in [6.07, 6.45) is 3.00. The Labute approximate surface area is 83.0 Å². The fraction of sp³-hybridized carbons (Fsp3) is 0.182. The molecule has 74 valence electrons. The molecule has 0 saturated carbocycles. The van der Waals surface area contributed by atoms with Gasteiger partial charge in [-0.2, -0.15) is 0 Å². The first-order valence-corrected chi connectivity index (χ1v) is 4.25. The van der Waals surface area contributed by atoms with Crippen molar-refractivity contribution < 1.29 is 14.3 Å². The minimum atomic E-state index is -0.377. The highest BCUT2D eigenvalue weighted by molar-refractivity contribution is 5.83. The van der Waals surface area contributed by atoms with Crippen LogP contribution >= 0.6 is 0 Å². The summed E-state index contributed by atoms with van der Waals surface area (Å²) in [6, 6.07) is 6.83. The third kappa shape index (κ3) is 2.94. The van der Waals surface area contributed by atoms with Crippen molar-refractivity contribution in [2.24, 2.45) is 0 Å². The molecule has 0 aliphatic carbocycles. The van der Waals surface area contributed by atoms with E-state index in [0.29, 0.717) is 5.75 Å². The largest absolute Gasteiger partial charge is 0.497 e. The van der Waals surface area contributed by atoms with Crippen LogP contribution in [0, 0.1) is 0 Å². The molecule has 0 saturated heterocycles. The molecule has 3 heteroatoms. The molecule has 0 N–H and O–H groups in total. The topological polar surface area (TPSA) is 35.5 Å². The highest BCUT2D eigenvalue weighted by atomic mass is 16.5. The van der Waals surface area contributed by atoms with Crippen LogP contribution in [0.5, 0.6) is 11.5 Å². The second-order valence-corrected chi connectivity index (χ2v) is 2.60. The van der Waals surface area contributed by atoms with Gasteiger partial charge < -0.3 is 9.47 Å². The Morgan fingerprint density at radius 2 is 1.79 bits per heavy atom. The summed E-state index contributed by atoms with van der Waals surface area (Å²) in [5.41, 5.74) is 0. The van der Waals surface area contributed by atoms with Crippen LogP contribution in [-0.4, -0.2) is 13.1 Å². The molecule has 0 unspecified atom stereocenters. The third-order valence-corrected chi connectivity index (χ3v) is 1.58. The van der Waals surface area contributed by atoms with E-state index in [1.54, 1.807) is 44.4 Å². The molecular formula is C11H12O3. The Morgan fingerprint density at radius 1 is 1.21 bits per heavy atom. The monoisotopic (exact) mass is 192 g/mol. The zero-order valence-electron chi connectivity index (χ0n) is 8.19. The summed E-state index contributed by atoms with van der Waals surface area (Å²) in [4.78, 5) is 11.0. The lowest BCUT2D eigenvalue weighted by atomic mass is 10.3. The summed E-state index contributed by atoms with van der Waals surface area (Å²) in [6.45, 7) is 1.76. The molecular weight excluding hydrogens is 180 g/mol. The molecule has 0 spiro atoms. The average Bonchev–Trinajstić information content (AvgIpc) is 2.19. The molecule has 0 bridgehead atoms. The lowest BCUT2D eigenvalue weighted by molar-refractivity contribution is -0.129. The maximum Gasteiger partial charge on any atom is 0.335 e. The summed E-state index contributed by atoms with van der Waals surface area (Å²) in [5, 5.41) is 0. The van der Waals surface area contributed by atoms with E-state index in [1.165, 1.54) is 6.08 Å². The van der Waals surface area contributed by atoms with Crippen molar-refractivity contribution in [1.82, 2.24) is 0 Å². The zero-order valence-corrected chi connectivity index (χ0v) is 8.19. The van der Waals surface area contributed by atoms with Gasteiger partial charge in [0.25, 0.3) is 0 Å². The molecule has 1 aromatic rings. The first-order chi connectivity index (χ1) is 6.76. The molecule has 14 heavy (non-hydrogen) atoms. The number of allylic oxidation sites excluding steroid dienone is 1. The van der Waals surface area contributed by atoms with Crippen molar-refractivity contribution >= 4 is 5.97 Å². The first kappa shape index (κ1) is 10.3. The SMILES string of the molecule is C/C=C\C(=O)Oc1ccc(OC)cc1. The van der Waals surface area contributed by atoms with Crippen LogP contribution in [0.25, 0.3) is 0 Å². The summed E-state index contributed by atoms with van der Waals surface area (Å²) < 4.78 is 9.94. The van der Waals surface area contributed by atoms with Gasteiger partial charge in [0.05, 0.1) is 7.11 Å². The number of ether oxygens (including phenoxy) is 2. The third-order valence-electron chi connectivity index (χ3n) is 1.58. The van der Waals surface area contributed by atoms with E-state index in [4.69, 9.17) is 9.47 Å². The zero-order chi connectivity index (χ0) is 10.4. The van der Waals surface area contributed by atoms with Gasteiger partial charge in [-0.05, 0) is 31.2 Å². The first-order valence-electron chi connectivity index (χ1n) is 4.25. The maximum absolute atomic E-state index is 11.0. The fourth-order valence-electron chi connectivity index (χ4n) is 0.930. The molecule has 0 heterocycles. The Balaban J connectivity index is 2.64. The van der Waals surface area contributed by atoms with Crippen molar-refractivity contribution in [3.63, 3.8) is 0 Å². The van der Waals surface area contributed by atoms with Crippen molar-refractivity contribution in [2.75, 3.05) is 7.11 Å². The minimum absolute atomic E-state index is 0.377. The summed E-state index contributed by atoms with van der Waals surface area (Å²) in [7, 11) is 1.58. The molecule has 1 rings (SSSR count). The second kappa shape index (κ2) is 5.07. The van der Waals surface area contributed by atoms with Crippen LogP contribution in [0.1, 0.15) is 6.92 Å². The molecule has 3 nitrogen and oxygen atoms in total. The maximum atomic E-state index is 11.0. The van der Waals surface area contributed by atoms with Crippen molar-refractivity contribution in [3.8, 4) is 11.5 Å². The van der Waals surface area contributed by atoms with Gasteiger partial charge >= 0.3 is 5.97 Å². The summed E-state index contributed by atoms with van der Waals surface area (Å²) in [5.74, 6) is 0.863. The number of benzene rings is 1. The number of carbonyl (C=O) groups excluding carboxylic acids is 1. The van der Waals surface area contributed by atoms with E-state index < -0.39 is 0 Å². The lowest BCUT2D eigenvalue weighted by Gasteiger charge is -2.02. The van der Waals surface area contributed by atoms with E-state index in [1.807, 2.05) is 0 Å². The Morgan fingerprint density at radius 3 is 2.29 bits per heavy atom. The standard InChI is InChI=1S/C11H12O3/c1-3-4-11(12)14-10-7-5-9(13-2)6-8-10/h3-8H,1-2H3/b4-3-. The van der Waals surface area contributed by atoms with Gasteiger partial charge in [-0.15, -0.1) is 0 Å². The van der Waals surface area contributed by atoms with Crippen molar-refractivity contribution in [2.45, 2.75) is 6.92 Å². The Bertz CT molecular complexity index is 325. The van der Waals surface area contributed by atoms with E-state index >= 15 is 0 Å². The molecule has 0 atom stereocenters. The number of methoxy groups -OCH3 is 1. The molecule has 0 aliphatic heterocycles. The van der Waals surface area contributed by atoms with Gasteiger partial charge in [-0.1, -0.05) is 6.08 Å². The molecule has 1 aromatic carbocycles. The van der Waals surface area contributed by atoms with Crippen LogP contribution < -0.4 is 9.47 Å². The Hall–Kier alpha value is -1.77. The van der Waals surface area contributed by atoms with E-state index in [9.17, 15) is 4.79 Å². The molecule has 0 fully saturated rings. The van der Waals surface area contributed by atoms with Crippen LogP contribution in [0.15, 0.2) is 36.4 Å². The van der Waals surface area contributed by atoms with Crippen LogP contribution in [-0.2, 0) is 4.79 Å². The van der Waals surface area contributed by atoms with Crippen LogP contribution in [0.4, 0.5) is 0 Å². The van der Waals surface area contributed by atoms with Crippen LogP contribution in [0.3, 0.4) is 0 Å². The highest BCUT2D eigenvalue weighted by Crippen LogP contribution is 2.16. The quantitative estimate of drug-likeness (QED) is 0.418. The van der Waals surface area contributed by atoms with Gasteiger partial charge in [0.15, 0.2) is 0 Å². The highest BCUT2D eigenvalue weighted by Gasteiger charge is 1.99. The van der Waals surface area contributed by atoms with Gasteiger partial charge in [-0.25, -0.2) is 4.79 Å². The number of hydrogen-bond acceptors (Lipinski definition) is 3. The molecule has 0 aliphatic rings. The molecule has 0 aromatic heterocycles. The molecule has 0 amide bonds.